The lowest BCUT2D eigenvalue weighted by atomic mass is 10.0. The van der Waals surface area contributed by atoms with Gasteiger partial charge in [0.15, 0.2) is 0 Å². The predicted molar refractivity (Wildman–Crippen MR) is 84.3 cm³/mol. The third-order valence-corrected chi connectivity index (χ3v) is 3.39. The SMILES string of the molecule is CCCC(CCO)CNc1nc(C)nc(NCC)c1C. The zero-order valence-electron chi connectivity index (χ0n) is 13.2. The summed E-state index contributed by atoms with van der Waals surface area (Å²) >= 11 is 0. The van der Waals surface area contributed by atoms with Gasteiger partial charge in [0.05, 0.1) is 0 Å². The molecule has 1 aromatic heterocycles. The molecule has 0 aliphatic rings. The zero-order chi connectivity index (χ0) is 15.0. The zero-order valence-corrected chi connectivity index (χ0v) is 13.2. The molecule has 0 amide bonds. The second-order valence-corrected chi connectivity index (χ2v) is 5.17. The van der Waals surface area contributed by atoms with Gasteiger partial charge in [-0.05, 0) is 39.5 Å². The fraction of sp³-hybridized carbons (Fsp3) is 0.733. The van der Waals surface area contributed by atoms with Crippen molar-refractivity contribution >= 4 is 11.6 Å². The summed E-state index contributed by atoms with van der Waals surface area (Å²) in [6.07, 6.45) is 3.09. The second kappa shape index (κ2) is 8.74. The molecule has 20 heavy (non-hydrogen) atoms. The van der Waals surface area contributed by atoms with Gasteiger partial charge in [-0.25, -0.2) is 9.97 Å². The quantitative estimate of drug-likeness (QED) is 0.649. The normalized spacial score (nSPS) is 12.2. The molecule has 0 aliphatic heterocycles. The highest BCUT2D eigenvalue weighted by Crippen LogP contribution is 2.21. The van der Waals surface area contributed by atoms with Crippen molar-refractivity contribution in [1.29, 1.82) is 0 Å². The van der Waals surface area contributed by atoms with Gasteiger partial charge in [0.2, 0.25) is 0 Å². The Morgan fingerprint density at radius 2 is 1.70 bits per heavy atom. The number of anilines is 2. The van der Waals surface area contributed by atoms with E-state index in [0.29, 0.717) is 5.92 Å². The van der Waals surface area contributed by atoms with E-state index < -0.39 is 0 Å². The van der Waals surface area contributed by atoms with Gasteiger partial charge in [-0.2, -0.15) is 0 Å². The summed E-state index contributed by atoms with van der Waals surface area (Å²) in [5.74, 6) is 3.05. The topological polar surface area (TPSA) is 70.1 Å². The van der Waals surface area contributed by atoms with E-state index >= 15 is 0 Å². The molecule has 0 saturated carbocycles. The summed E-state index contributed by atoms with van der Waals surface area (Å²) in [5, 5.41) is 15.8. The van der Waals surface area contributed by atoms with E-state index in [0.717, 1.165) is 55.4 Å². The van der Waals surface area contributed by atoms with Gasteiger partial charge in [-0.1, -0.05) is 13.3 Å². The Balaban J connectivity index is 2.75. The predicted octanol–water partition coefficient (Wildman–Crippen LogP) is 2.74. The van der Waals surface area contributed by atoms with Crippen LogP contribution in [0.2, 0.25) is 0 Å². The molecule has 5 nitrogen and oxygen atoms in total. The van der Waals surface area contributed by atoms with Crippen molar-refractivity contribution in [2.75, 3.05) is 30.3 Å². The van der Waals surface area contributed by atoms with Crippen LogP contribution in [0.1, 0.15) is 44.5 Å². The van der Waals surface area contributed by atoms with E-state index in [-0.39, 0.29) is 6.61 Å². The molecule has 5 heteroatoms. The van der Waals surface area contributed by atoms with Crippen molar-refractivity contribution in [3.8, 4) is 0 Å². The van der Waals surface area contributed by atoms with E-state index in [4.69, 9.17) is 5.11 Å². The number of nitrogens with one attached hydrogen (secondary N) is 2. The largest absolute Gasteiger partial charge is 0.396 e. The molecule has 114 valence electrons. The lowest BCUT2D eigenvalue weighted by Crippen LogP contribution is -2.18. The van der Waals surface area contributed by atoms with Crippen LogP contribution in [0.5, 0.6) is 0 Å². The number of aromatic nitrogens is 2. The van der Waals surface area contributed by atoms with Gasteiger partial charge in [0.25, 0.3) is 0 Å². The molecule has 0 saturated heterocycles. The first kappa shape index (κ1) is 16.7. The minimum absolute atomic E-state index is 0.247. The van der Waals surface area contributed by atoms with Crippen LogP contribution in [-0.4, -0.2) is 34.8 Å². The van der Waals surface area contributed by atoms with E-state index in [1.807, 2.05) is 13.8 Å². The number of hydrogen-bond acceptors (Lipinski definition) is 5. The number of nitrogens with zero attached hydrogens (tertiary/aromatic N) is 2. The molecule has 0 fully saturated rings. The maximum absolute atomic E-state index is 9.11. The summed E-state index contributed by atoms with van der Waals surface area (Å²) in [4.78, 5) is 8.90. The van der Waals surface area contributed by atoms with Crippen LogP contribution < -0.4 is 10.6 Å². The molecular weight excluding hydrogens is 252 g/mol. The first-order valence-electron chi connectivity index (χ1n) is 7.56. The third kappa shape index (κ3) is 4.96. The Kier molecular flexibility index (Phi) is 7.30. The number of hydrogen-bond donors (Lipinski definition) is 3. The molecule has 0 aromatic carbocycles. The fourth-order valence-electron chi connectivity index (χ4n) is 2.32. The molecule has 0 bridgehead atoms. The third-order valence-electron chi connectivity index (χ3n) is 3.39. The van der Waals surface area contributed by atoms with Crippen LogP contribution >= 0.6 is 0 Å². The van der Waals surface area contributed by atoms with Crippen molar-refractivity contribution in [2.45, 2.75) is 47.0 Å². The van der Waals surface area contributed by atoms with Gasteiger partial charge < -0.3 is 15.7 Å². The number of aliphatic hydroxyl groups excluding tert-OH is 1. The van der Waals surface area contributed by atoms with Crippen LogP contribution in [0.25, 0.3) is 0 Å². The van der Waals surface area contributed by atoms with Crippen molar-refractivity contribution in [3.05, 3.63) is 11.4 Å². The van der Waals surface area contributed by atoms with Gasteiger partial charge >= 0.3 is 0 Å². The highest BCUT2D eigenvalue weighted by atomic mass is 16.3. The highest BCUT2D eigenvalue weighted by Gasteiger charge is 2.11. The maximum Gasteiger partial charge on any atom is 0.134 e. The molecule has 1 unspecified atom stereocenters. The Morgan fingerprint density at radius 1 is 1.05 bits per heavy atom. The molecule has 1 rings (SSSR count). The standard InChI is InChI=1S/C15H28N4O/c1-5-7-13(8-9-20)10-17-15-11(3)14(16-6-2)18-12(4)19-15/h13,20H,5-10H2,1-4H3,(H2,16,17,18,19). The average molecular weight is 280 g/mol. The van der Waals surface area contributed by atoms with Crippen molar-refractivity contribution in [2.24, 2.45) is 5.92 Å². The molecule has 1 heterocycles. The Labute approximate surface area is 122 Å². The molecule has 1 atom stereocenters. The maximum atomic E-state index is 9.11. The fourth-order valence-corrected chi connectivity index (χ4v) is 2.32. The summed E-state index contributed by atoms with van der Waals surface area (Å²) < 4.78 is 0. The Morgan fingerprint density at radius 3 is 2.25 bits per heavy atom. The van der Waals surface area contributed by atoms with Crippen molar-refractivity contribution < 1.29 is 5.11 Å². The van der Waals surface area contributed by atoms with Crippen LogP contribution in [0, 0.1) is 19.8 Å². The van der Waals surface area contributed by atoms with Gasteiger partial charge in [-0.3, -0.25) is 0 Å². The van der Waals surface area contributed by atoms with Crippen LogP contribution in [0.15, 0.2) is 0 Å². The first-order valence-corrected chi connectivity index (χ1v) is 7.56. The lowest BCUT2D eigenvalue weighted by molar-refractivity contribution is 0.255. The molecular formula is C15H28N4O. The second-order valence-electron chi connectivity index (χ2n) is 5.17. The number of aryl methyl sites for hydroxylation is 1. The van der Waals surface area contributed by atoms with E-state index in [1.54, 1.807) is 0 Å². The Bertz CT molecular complexity index is 403. The number of aliphatic hydroxyl groups is 1. The van der Waals surface area contributed by atoms with E-state index in [2.05, 4.69) is 34.4 Å². The average Bonchev–Trinajstić information content (AvgIpc) is 2.41. The lowest BCUT2D eigenvalue weighted by Gasteiger charge is -2.18. The van der Waals surface area contributed by atoms with E-state index in [9.17, 15) is 0 Å². The van der Waals surface area contributed by atoms with Crippen LogP contribution in [-0.2, 0) is 0 Å². The molecule has 3 N–H and O–H groups in total. The van der Waals surface area contributed by atoms with Crippen molar-refractivity contribution in [3.63, 3.8) is 0 Å². The van der Waals surface area contributed by atoms with Crippen LogP contribution in [0.3, 0.4) is 0 Å². The Hall–Kier alpha value is -1.36. The molecule has 0 spiro atoms. The van der Waals surface area contributed by atoms with Gasteiger partial charge in [-0.15, -0.1) is 0 Å². The van der Waals surface area contributed by atoms with Gasteiger partial charge in [0.1, 0.15) is 17.5 Å². The summed E-state index contributed by atoms with van der Waals surface area (Å²) in [6.45, 7) is 10.1. The minimum atomic E-state index is 0.247. The summed E-state index contributed by atoms with van der Waals surface area (Å²) in [6, 6.07) is 0. The monoisotopic (exact) mass is 280 g/mol. The molecule has 0 aliphatic carbocycles. The van der Waals surface area contributed by atoms with E-state index in [1.165, 1.54) is 0 Å². The minimum Gasteiger partial charge on any atom is -0.396 e. The van der Waals surface area contributed by atoms with Gasteiger partial charge in [0, 0.05) is 25.3 Å². The first-order chi connectivity index (χ1) is 9.62. The molecule has 0 radical (unpaired) electrons. The molecule has 1 aromatic rings. The van der Waals surface area contributed by atoms with Crippen LogP contribution in [0.4, 0.5) is 11.6 Å². The summed E-state index contributed by atoms with van der Waals surface area (Å²) in [5.41, 5.74) is 1.05. The van der Waals surface area contributed by atoms with Crippen molar-refractivity contribution in [1.82, 2.24) is 9.97 Å². The summed E-state index contributed by atoms with van der Waals surface area (Å²) in [7, 11) is 0. The highest BCUT2D eigenvalue weighted by molar-refractivity contribution is 5.57. The number of rotatable bonds is 9. The smallest absolute Gasteiger partial charge is 0.134 e.